The highest BCUT2D eigenvalue weighted by atomic mass is 16.7. The minimum atomic E-state index is -1.91. The van der Waals surface area contributed by atoms with Gasteiger partial charge >= 0.3 is 11.6 Å². The summed E-state index contributed by atoms with van der Waals surface area (Å²) in [6.45, 7) is 0. The van der Waals surface area contributed by atoms with E-state index in [1.807, 2.05) is 0 Å². The smallest absolute Gasteiger partial charge is 0.374 e. The maximum Gasteiger partial charge on any atom is 0.374 e. The molecule has 0 aliphatic carbocycles. The van der Waals surface area contributed by atoms with Gasteiger partial charge in [-0.1, -0.05) is 0 Å². The molecule has 3 aromatic carbocycles. The molecule has 0 unspecified atom stereocenters. The molecule has 0 radical (unpaired) electrons. The van der Waals surface area contributed by atoms with Gasteiger partial charge in [0.25, 0.3) is 5.79 Å². The van der Waals surface area contributed by atoms with Crippen LogP contribution in [0.1, 0.15) is 32.9 Å². The Hall–Kier alpha value is -5.37. The molecule has 0 saturated heterocycles. The second-order valence-corrected chi connectivity index (χ2v) is 9.99. The summed E-state index contributed by atoms with van der Waals surface area (Å²) < 4.78 is 55.6. The summed E-state index contributed by atoms with van der Waals surface area (Å²) in [6, 6.07) is 4.37. The molecule has 0 bridgehead atoms. The molecule has 14 heteroatoms. The number of hydrogen-bond donors (Lipinski definition) is 1. The van der Waals surface area contributed by atoms with E-state index in [4.69, 9.17) is 42.3 Å². The van der Waals surface area contributed by atoms with Crippen LogP contribution in [-0.4, -0.2) is 79.5 Å². The number of aryl methyl sites for hydroxylation is 1. The van der Waals surface area contributed by atoms with Crippen molar-refractivity contribution in [1.82, 2.24) is 0 Å². The van der Waals surface area contributed by atoms with Crippen LogP contribution in [0.4, 0.5) is 0 Å². The van der Waals surface area contributed by atoms with Crippen molar-refractivity contribution in [3.8, 4) is 46.0 Å². The van der Waals surface area contributed by atoms with Crippen LogP contribution < -0.4 is 38.8 Å². The van der Waals surface area contributed by atoms with E-state index in [1.54, 1.807) is 6.07 Å². The molecule has 1 aromatic heterocycles. The normalized spacial score (nSPS) is 15.3. The fourth-order valence-electron chi connectivity index (χ4n) is 5.79. The molecule has 1 aliphatic rings. The van der Waals surface area contributed by atoms with Crippen molar-refractivity contribution in [2.75, 3.05) is 56.9 Å². The van der Waals surface area contributed by atoms with Crippen molar-refractivity contribution in [3.05, 3.63) is 45.5 Å². The zero-order valence-corrected chi connectivity index (χ0v) is 26.4. The molecular formula is C32H32O14. The van der Waals surface area contributed by atoms with Crippen LogP contribution in [0.25, 0.3) is 21.5 Å². The summed E-state index contributed by atoms with van der Waals surface area (Å²) in [6.07, 6.45) is -0.158. The third kappa shape index (κ3) is 4.64. The summed E-state index contributed by atoms with van der Waals surface area (Å²) in [5, 5.41) is 12.0. The number of phenols is 1. The number of carbonyl (C=O) groups excluding carboxylic acids is 2. The van der Waals surface area contributed by atoms with Gasteiger partial charge in [0, 0.05) is 19.6 Å². The Kier molecular flexibility index (Phi) is 8.50. The maximum atomic E-state index is 14.3. The second-order valence-electron chi connectivity index (χ2n) is 9.99. The Balaban J connectivity index is 1.67. The largest absolute Gasteiger partial charge is 0.504 e. The molecule has 14 nitrogen and oxygen atoms in total. The molecule has 5 rings (SSSR count). The molecule has 0 saturated carbocycles. The molecule has 244 valence electrons. The van der Waals surface area contributed by atoms with E-state index in [1.165, 1.54) is 61.9 Å². The molecule has 1 N–H and O–H groups in total. The molecule has 1 aliphatic heterocycles. The molecule has 0 amide bonds. The number of phenolic OH excluding ortho intramolecular Hbond substituents is 1. The zero-order chi connectivity index (χ0) is 33.5. The zero-order valence-electron chi connectivity index (χ0n) is 26.4. The minimum Gasteiger partial charge on any atom is -0.504 e. The first-order chi connectivity index (χ1) is 22.1. The molecule has 2 heterocycles. The standard InChI is InChI=1S/C32H32O14/c1-37-16-13-17(38-2)24(39-3)21-20(16)25(40-4)22-28(27(21)42-6)46-32(44-8,29(22)34)10-9-14-11-15-12-18(30(35)43-7)45-31(36)19(15)26(41-5)23(14)33/h11-13,33H,9-10H2,1-8H3/t32-/m1/s1. The van der Waals surface area contributed by atoms with Gasteiger partial charge < -0.3 is 52.2 Å². The highest BCUT2D eigenvalue weighted by Crippen LogP contribution is 2.58. The van der Waals surface area contributed by atoms with Gasteiger partial charge in [-0.15, -0.1) is 0 Å². The monoisotopic (exact) mass is 640 g/mol. The minimum absolute atomic E-state index is 0.0237. The van der Waals surface area contributed by atoms with Crippen molar-refractivity contribution in [1.29, 1.82) is 0 Å². The Bertz CT molecular complexity index is 1940. The number of aromatic hydroxyl groups is 1. The first kappa shape index (κ1) is 32.0. The maximum absolute atomic E-state index is 14.3. The predicted octanol–water partition coefficient (Wildman–Crippen LogP) is 4.04. The number of esters is 1. The Morgan fingerprint density at radius 3 is 1.98 bits per heavy atom. The first-order valence-corrected chi connectivity index (χ1v) is 13.7. The Labute approximate surface area is 262 Å². The van der Waals surface area contributed by atoms with Crippen molar-refractivity contribution < 1.29 is 61.7 Å². The Morgan fingerprint density at radius 2 is 1.41 bits per heavy atom. The molecule has 1 atom stereocenters. The SMILES string of the molecule is COC(=O)c1cc2cc(CC[C@@]3(OC)Oc4c(c(OC)c5c(OC)cc(OC)c(OC)c5c4OC)C3=O)c(O)c(OC)c2c(=O)o1. The number of carbonyl (C=O) groups is 2. The lowest BCUT2D eigenvalue weighted by Gasteiger charge is -2.26. The van der Waals surface area contributed by atoms with Gasteiger partial charge in [0.05, 0.1) is 60.5 Å². The average Bonchev–Trinajstić information content (AvgIpc) is 3.36. The molecule has 4 aromatic rings. The van der Waals surface area contributed by atoms with Gasteiger partial charge in [0.15, 0.2) is 34.5 Å². The number of fused-ring (bicyclic) bond motifs is 3. The second kappa shape index (κ2) is 12.2. The third-order valence-electron chi connectivity index (χ3n) is 7.92. The van der Waals surface area contributed by atoms with Crippen LogP contribution in [0.5, 0.6) is 46.0 Å². The molecular weight excluding hydrogens is 608 g/mol. The van der Waals surface area contributed by atoms with E-state index in [9.17, 15) is 19.5 Å². The van der Waals surface area contributed by atoms with Gasteiger partial charge in [0.1, 0.15) is 22.4 Å². The van der Waals surface area contributed by atoms with Crippen LogP contribution in [0, 0.1) is 0 Å². The summed E-state index contributed by atoms with van der Waals surface area (Å²) >= 11 is 0. The summed E-state index contributed by atoms with van der Waals surface area (Å²) in [5.41, 5.74) is -0.616. The fraction of sp³-hybridized carbons (Fsp3) is 0.344. The van der Waals surface area contributed by atoms with Crippen LogP contribution in [0.2, 0.25) is 0 Å². The van der Waals surface area contributed by atoms with Crippen LogP contribution in [0.15, 0.2) is 27.4 Å². The average molecular weight is 641 g/mol. The molecule has 0 fully saturated rings. The van der Waals surface area contributed by atoms with Crippen LogP contribution in [-0.2, 0) is 15.9 Å². The lowest BCUT2D eigenvalue weighted by Crippen LogP contribution is -2.42. The highest BCUT2D eigenvalue weighted by molar-refractivity contribution is 6.18. The lowest BCUT2D eigenvalue weighted by molar-refractivity contribution is -0.123. The quantitative estimate of drug-likeness (QED) is 0.233. The van der Waals surface area contributed by atoms with E-state index in [0.29, 0.717) is 22.3 Å². The third-order valence-corrected chi connectivity index (χ3v) is 7.92. The van der Waals surface area contributed by atoms with Crippen molar-refractivity contribution in [2.24, 2.45) is 0 Å². The lowest BCUT2D eigenvalue weighted by atomic mass is 9.94. The van der Waals surface area contributed by atoms with Gasteiger partial charge in [-0.05, 0) is 29.5 Å². The van der Waals surface area contributed by atoms with Gasteiger partial charge in [-0.3, -0.25) is 4.79 Å². The van der Waals surface area contributed by atoms with E-state index < -0.39 is 23.2 Å². The number of rotatable bonds is 11. The van der Waals surface area contributed by atoms with Gasteiger partial charge in [-0.2, -0.15) is 0 Å². The van der Waals surface area contributed by atoms with Gasteiger partial charge in [-0.25, -0.2) is 9.59 Å². The van der Waals surface area contributed by atoms with E-state index >= 15 is 0 Å². The van der Waals surface area contributed by atoms with E-state index in [0.717, 1.165) is 7.11 Å². The Morgan fingerprint density at radius 1 is 0.761 bits per heavy atom. The molecule has 46 heavy (non-hydrogen) atoms. The first-order valence-electron chi connectivity index (χ1n) is 13.7. The summed E-state index contributed by atoms with van der Waals surface area (Å²) in [4.78, 5) is 39.1. The van der Waals surface area contributed by atoms with Crippen molar-refractivity contribution in [3.63, 3.8) is 0 Å². The van der Waals surface area contributed by atoms with Crippen molar-refractivity contribution >= 4 is 33.3 Å². The number of benzene rings is 3. The number of ether oxygens (including phenoxy) is 9. The summed E-state index contributed by atoms with van der Waals surface area (Å²) in [5.74, 6) is -3.00. The fourth-order valence-corrected chi connectivity index (χ4v) is 5.79. The number of methoxy groups -OCH3 is 8. The predicted molar refractivity (Wildman–Crippen MR) is 162 cm³/mol. The highest BCUT2D eigenvalue weighted by Gasteiger charge is 2.53. The molecule has 0 spiro atoms. The topological polar surface area (TPSA) is 168 Å². The number of Topliss-reactive ketones (excluding diaryl/α,β-unsaturated/α-hetero) is 1. The number of ketones is 1. The van der Waals surface area contributed by atoms with Crippen LogP contribution >= 0.6 is 0 Å². The summed E-state index contributed by atoms with van der Waals surface area (Å²) in [7, 11) is 10.9. The van der Waals surface area contributed by atoms with Gasteiger partial charge in [0.2, 0.25) is 11.5 Å². The van der Waals surface area contributed by atoms with E-state index in [-0.39, 0.29) is 75.0 Å². The number of hydrogen-bond acceptors (Lipinski definition) is 14. The van der Waals surface area contributed by atoms with Crippen molar-refractivity contribution in [2.45, 2.75) is 18.6 Å². The van der Waals surface area contributed by atoms with Crippen LogP contribution in [0.3, 0.4) is 0 Å². The van der Waals surface area contributed by atoms with E-state index in [2.05, 4.69) is 4.74 Å².